The van der Waals surface area contributed by atoms with Gasteiger partial charge in [0.25, 0.3) is 11.6 Å². The van der Waals surface area contributed by atoms with Gasteiger partial charge in [0, 0.05) is 43.3 Å². The van der Waals surface area contributed by atoms with Crippen molar-refractivity contribution in [3.8, 4) is 0 Å². The van der Waals surface area contributed by atoms with E-state index < -0.39 is 4.92 Å². The van der Waals surface area contributed by atoms with Crippen LogP contribution >= 0.6 is 34.8 Å². The molecule has 136 valence electrons. The van der Waals surface area contributed by atoms with Gasteiger partial charge in [-0.05, 0) is 24.3 Å². The number of benzene rings is 2. The zero-order valence-electron chi connectivity index (χ0n) is 13.5. The lowest BCUT2D eigenvalue weighted by atomic mass is 10.1. The van der Waals surface area contributed by atoms with E-state index in [1.54, 1.807) is 23.1 Å². The third-order valence-electron chi connectivity index (χ3n) is 4.21. The number of carbonyl (C=O) groups is 1. The van der Waals surface area contributed by atoms with E-state index in [-0.39, 0.29) is 22.2 Å². The van der Waals surface area contributed by atoms with E-state index in [0.717, 1.165) is 5.69 Å². The lowest BCUT2D eigenvalue weighted by Crippen LogP contribution is -2.49. The Morgan fingerprint density at radius 3 is 2.27 bits per heavy atom. The van der Waals surface area contributed by atoms with Gasteiger partial charge in [-0.15, -0.1) is 0 Å². The van der Waals surface area contributed by atoms with E-state index in [9.17, 15) is 14.9 Å². The minimum absolute atomic E-state index is 0.134. The first kappa shape index (κ1) is 18.8. The first-order chi connectivity index (χ1) is 12.4. The first-order valence-corrected chi connectivity index (χ1v) is 8.93. The van der Waals surface area contributed by atoms with Gasteiger partial charge in [-0.1, -0.05) is 34.8 Å². The molecule has 2 aromatic carbocycles. The molecule has 1 saturated heterocycles. The second-order valence-corrected chi connectivity index (χ2v) is 7.05. The smallest absolute Gasteiger partial charge is 0.270 e. The number of nitrogens with zero attached hydrogens (tertiary/aromatic N) is 3. The van der Waals surface area contributed by atoms with Gasteiger partial charge in [-0.3, -0.25) is 14.9 Å². The summed E-state index contributed by atoms with van der Waals surface area (Å²) in [7, 11) is 0. The molecule has 1 fully saturated rings. The van der Waals surface area contributed by atoms with Crippen LogP contribution in [0.1, 0.15) is 10.4 Å². The number of rotatable bonds is 3. The molecule has 26 heavy (non-hydrogen) atoms. The number of nitro benzene ring substituents is 1. The predicted molar refractivity (Wildman–Crippen MR) is 103 cm³/mol. The standard InChI is InChI=1S/C17H14Cl3N3O3/c18-11-1-3-15(20)16(9-11)21-5-7-22(8-6-21)17(24)13-10-12(23(25)26)2-4-14(13)19/h1-4,9-10H,5-8H2. The van der Waals surface area contributed by atoms with Crippen molar-refractivity contribution in [1.29, 1.82) is 0 Å². The second-order valence-electron chi connectivity index (χ2n) is 5.80. The normalized spacial score (nSPS) is 14.4. The SMILES string of the molecule is O=C(c1cc([N+](=O)[O-])ccc1Cl)N1CCN(c2cc(Cl)ccc2Cl)CC1. The van der Waals surface area contributed by atoms with E-state index in [1.807, 2.05) is 4.90 Å². The van der Waals surface area contributed by atoms with Gasteiger partial charge >= 0.3 is 0 Å². The van der Waals surface area contributed by atoms with Crippen LogP contribution in [0, 0.1) is 10.1 Å². The minimum Gasteiger partial charge on any atom is -0.367 e. The van der Waals surface area contributed by atoms with E-state index in [2.05, 4.69) is 0 Å². The summed E-state index contributed by atoms with van der Waals surface area (Å²) in [6.07, 6.45) is 0. The van der Waals surface area contributed by atoms with Gasteiger partial charge in [0.15, 0.2) is 0 Å². The quantitative estimate of drug-likeness (QED) is 0.547. The summed E-state index contributed by atoms with van der Waals surface area (Å²) in [6, 6.07) is 9.11. The Morgan fingerprint density at radius 1 is 0.962 bits per heavy atom. The predicted octanol–water partition coefficient (Wildman–Crippen LogP) is 4.52. The highest BCUT2D eigenvalue weighted by Gasteiger charge is 2.26. The maximum atomic E-state index is 12.7. The Labute approximate surface area is 165 Å². The van der Waals surface area contributed by atoms with Crippen molar-refractivity contribution in [3.63, 3.8) is 0 Å². The Hall–Kier alpha value is -2.02. The molecular formula is C17H14Cl3N3O3. The van der Waals surface area contributed by atoms with Crippen LogP contribution in [0.2, 0.25) is 15.1 Å². The number of amides is 1. The summed E-state index contributed by atoms with van der Waals surface area (Å²) in [6.45, 7) is 2.03. The highest BCUT2D eigenvalue weighted by Crippen LogP contribution is 2.30. The topological polar surface area (TPSA) is 66.7 Å². The molecular weight excluding hydrogens is 401 g/mol. The molecule has 1 amide bonds. The monoisotopic (exact) mass is 413 g/mol. The van der Waals surface area contributed by atoms with E-state index in [0.29, 0.717) is 36.2 Å². The lowest BCUT2D eigenvalue weighted by molar-refractivity contribution is -0.384. The Kier molecular flexibility index (Phi) is 5.55. The van der Waals surface area contributed by atoms with Crippen LogP contribution in [0.15, 0.2) is 36.4 Å². The number of piperazine rings is 1. The van der Waals surface area contributed by atoms with Crippen LogP contribution in [-0.4, -0.2) is 41.9 Å². The molecule has 0 aromatic heterocycles. The van der Waals surface area contributed by atoms with Crippen LogP contribution < -0.4 is 4.90 Å². The van der Waals surface area contributed by atoms with Crippen LogP contribution in [0.4, 0.5) is 11.4 Å². The molecule has 1 aliphatic heterocycles. The molecule has 1 aliphatic rings. The molecule has 0 aliphatic carbocycles. The van der Waals surface area contributed by atoms with E-state index in [1.165, 1.54) is 18.2 Å². The Bertz CT molecular complexity index is 868. The fourth-order valence-electron chi connectivity index (χ4n) is 2.84. The number of hydrogen-bond donors (Lipinski definition) is 0. The van der Waals surface area contributed by atoms with Crippen molar-refractivity contribution in [2.45, 2.75) is 0 Å². The van der Waals surface area contributed by atoms with E-state index >= 15 is 0 Å². The molecule has 2 aromatic rings. The maximum absolute atomic E-state index is 12.7. The third kappa shape index (κ3) is 3.87. The van der Waals surface area contributed by atoms with E-state index in [4.69, 9.17) is 34.8 Å². The number of hydrogen-bond acceptors (Lipinski definition) is 4. The molecule has 3 rings (SSSR count). The van der Waals surface area contributed by atoms with Gasteiger partial charge < -0.3 is 9.80 Å². The van der Waals surface area contributed by atoms with Crippen LogP contribution in [0.25, 0.3) is 0 Å². The van der Waals surface area contributed by atoms with Gasteiger partial charge in [0.05, 0.1) is 26.2 Å². The van der Waals surface area contributed by atoms with Crippen LogP contribution in [0.5, 0.6) is 0 Å². The van der Waals surface area contributed by atoms with Gasteiger partial charge in [-0.25, -0.2) is 0 Å². The van der Waals surface area contributed by atoms with Gasteiger partial charge in [0.1, 0.15) is 0 Å². The molecule has 0 radical (unpaired) electrons. The van der Waals surface area contributed by atoms with Crippen molar-refractivity contribution >= 4 is 52.1 Å². The fourth-order valence-corrected chi connectivity index (χ4v) is 3.44. The number of nitro groups is 1. The lowest BCUT2D eigenvalue weighted by Gasteiger charge is -2.36. The molecule has 0 bridgehead atoms. The molecule has 1 heterocycles. The molecule has 0 unspecified atom stereocenters. The Morgan fingerprint density at radius 2 is 1.62 bits per heavy atom. The van der Waals surface area contributed by atoms with Crippen molar-refractivity contribution < 1.29 is 9.72 Å². The molecule has 0 atom stereocenters. The number of non-ortho nitro benzene ring substituents is 1. The first-order valence-electron chi connectivity index (χ1n) is 7.80. The largest absolute Gasteiger partial charge is 0.367 e. The minimum atomic E-state index is -0.549. The average Bonchev–Trinajstić information content (AvgIpc) is 2.63. The summed E-state index contributed by atoms with van der Waals surface area (Å²) in [4.78, 5) is 26.8. The summed E-state index contributed by atoms with van der Waals surface area (Å²) in [5, 5.41) is 12.3. The van der Waals surface area contributed by atoms with Crippen molar-refractivity contribution in [1.82, 2.24) is 4.90 Å². The van der Waals surface area contributed by atoms with Gasteiger partial charge in [0.2, 0.25) is 0 Å². The summed E-state index contributed by atoms with van der Waals surface area (Å²) < 4.78 is 0. The maximum Gasteiger partial charge on any atom is 0.270 e. The number of anilines is 1. The second kappa shape index (κ2) is 7.70. The molecule has 0 spiro atoms. The summed E-state index contributed by atoms with van der Waals surface area (Å²) >= 11 is 18.3. The van der Waals surface area contributed by atoms with Crippen LogP contribution in [0.3, 0.4) is 0 Å². The Balaban J connectivity index is 1.74. The zero-order chi connectivity index (χ0) is 18.8. The van der Waals surface area contributed by atoms with Crippen molar-refractivity contribution in [3.05, 3.63) is 67.1 Å². The fraction of sp³-hybridized carbons (Fsp3) is 0.235. The average molecular weight is 415 g/mol. The third-order valence-corrected chi connectivity index (χ3v) is 5.09. The zero-order valence-corrected chi connectivity index (χ0v) is 15.8. The highest BCUT2D eigenvalue weighted by molar-refractivity contribution is 6.35. The molecule has 6 nitrogen and oxygen atoms in total. The van der Waals surface area contributed by atoms with Crippen molar-refractivity contribution in [2.75, 3.05) is 31.1 Å². The van der Waals surface area contributed by atoms with Gasteiger partial charge in [-0.2, -0.15) is 0 Å². The van der Waals surface area contributed by atoms with Crippen molar-refractivity contribution in [2.24, 2.45) is 0 Å². The highest BCUT2D eigenvalue weighted by atomic mass is 35.5. The summed E-state index contributed by atoms with van der Waals surface area (Å²) in [5.41, 5.74) is 0.789. The molecule has 9 heteroatoms. The number of halogens is 3. The van der Waals surface area contributed by atoms with Crippen LogP contribution in [-0.2, 0) is 0 Å². The number of carbonyl (C=O) groups excluding carboxylic acids is 1. The summed E-state index contributed by atoms with van der Waals surface area (Å²) in [5.74, 6) is -0.324. The molecule has 0 N–H and O–H groups in total. The molecule has 0 saturated carbocycles.